The van der Waals surface area contributed by atoms with Gasteiger partial charge in [-0.25, -0.2) is 8.42 Å². The monoisotopic (exact) mass is 396 g/mol. The van der Waals surface area contributed by atoms with Gasteiger partial charge in [0.15, 0.2) is 0 Å². The molecule has 0 unspecified atom stereocenters. The summed E-state index contributed by atoms with van der Waals surface area (Å²) < 4.78 is 26.7. The largest absolute Gasteiger partial charge is 0.312 e. The summed E-state index contributed by atoms with van der Waals surface area (Å²) in [7, 11) is -3.47. The average Bonchev–Trinajstić information content (AvgIpc) is 3.17. The van der Waals surface area contributed by atoms with Crippen LogP contribution in [0.1, 0.15) is 24.0 Å². The number of anilines is 1. The molecule has 2 aromatic carbocycles. The molecule has 146 valence electrons. The Hall–Kier alpha value is -2.44. The maximum Gasteiger partial charge on any atom is 0.236 e. The van der Waals surface area contributed by atoms with E-state index in [0.717, 1.165) is 24.2 Å². The van der Waals surface area contributed by atoms with Gasteiger partial charge in [-0.1, -0.05) is 48.5 Å². The van der Waals surface area contributed by atoms with E-state index in [4.69, 9.17) is 0 Å². The van der Waals surface area contributed by atoms with Crippen LogP contribution >= 0.6 is 0 Å². The van der Waals surface area contributed by atoms with E-state index in [1.807, 2.05) is 53.4 Å². The van der Waals surface area contributed by atoms with Crippen LogP contribution in [-0.2, 0) is 21.2 Å². The fraction of sp³-hybridized carbons (Fsp3) is 0.318. The van der Waals surface area contributed by atoms with Crippen LogP contribution in [0.25, 0.3) is 6.08 Å². The minimum Gasteiger partial charge on any atom is -0.312 e. The number of hydrogen-bond acceptors (Lipinski definition) is 3. The molecular weight excluding hydrogens is 372 g/mol. The Morgan fingerprint density at radius 3 is 2.36 bits per heavy atom. The fourth-order valence-corrected chi connectivity index (χ4v) is 5.18. The molecule has 1 fully saturated rings. The second-order valence-corrected chi connectivity index (χ2v) is 9.12. The molecule has 2 aliphatic rings. The Bertz CT molecular complexity index is 978. The van der Waals surface area contributed by atoms with E-state index in [0.29, 0.717) is 25.9 Å². The van der Waals surface area contributed by atoms with Crippen molar-refractivity contribution in [2.75, 3.05) is 24.5 Å². The molecule has 28 heavy (non-hydrogen) atoms. The number of rotatable bonds is 4. The van der Waals surface area contributed by atoms with Gasteiger partial charge in [-0.15, -0.1) is 0 Å². The van der Waals surface area contributed by atoms with Crippen molar-refractivity contribution in [1.29, 1.82) is 0 Å². The molecule has 0 N–H and O–H groups in total. The standard InChI is InChI=1S/C22H24N2O3S/c25-22(24-16-12-19-8-4-5-9-21(19)24)20-10-14-23(15-11-20)28(26,27)17-13-18-6-2-1-3-7-18/h1-9,13,17,20H,10-12,14-16H2/b17-13+. The van der Waals surface area contributed by atoms with Crippen LogP contribution in [0, 0.1) is 5.92 Å². The Morgan fingerprint density at radius 1 is 0.929 bits per heavy atom. The summed E-state index contributed by atoms with van der Waals surface area (Å²) in [6, 6.07) is 17.4. The molecule has 5 nitrogen and oxygen atoms in total. The van der Waals surface area contributed by atoms with Crippen LogP contribution in [0.4, 0.5) is 5.69 Å². The van der Waals surface area contributed by atoms with Crippen molar-refractivity contribution in [3.8, 4) is 0 Å². The zero-order valence-electron chi connectivity index (χ0n) is 15.7. The molecule has 0 aromatic heterocycles. The predicted octanol–water partition coefficient (Wildman–Crippen LogP) is 3.29. The lowest BCUT2D eigenvalue weighted by Gasteiger charge is -2.32. The number of amides is 1. The number of nitrogens with zero attached hydrogens (tertiary/aromatic N) is 2. The summed E-state index contributed by atoms with van der Waals surface area (Å²) in [4.78, 5) is 14.8. The Morgan fingerprint density at radius 2 is 1.61 bits per heavy atom. The van der Waals surface area contributed by atoms with Crippen LogP contribution in [0.15, 0.2) is 60.0 Å². The molecule has 1 amide bonds. The number of sulfonamides is 1. The zero-order valence-corrected chi connectivity index (χ0v) is 16.5. The molecule has 2 heterocycles. The highest BCUT2D eigenvalue weighted by Crippen LogP contribution is 2.31. The van der Waals surface area contributed by atoms with Crippen molar-refractivity contribution < 1.29 is 13.2 Å². The number of fused-ring (bicyclic) bond motifs is 1. The molecular formula is C22H24N2O3S. The predicted molar refractivity (Wildman–Crippen MR) is 111 cm³/mol. The molecule has 0 atom stereocenters. The highest BCUT2D eigenvalue weighted by molar-refractivity contribution is 7.92. The third kappa shape index (κ3) is 3.88. The van der Waals surface area contributed by atoms with Gasteiger partial charge in [-0.05, 0) is 42.5 Å². The van der Waals surface area contributed by atoms with Crippen LogP contribution in [0.2, 0.25) is 0 Å². The Labute approximate surface area is 166 Å². The zero-order chi connectivity index (χ0) is 19.6. The topological polar surface area (TPSA) is 57.7 Å². The van der Waals surface area contributed by atoms with Crippen LogP contribution in [-0.4, -0.2) is 38.3 Å². The Kier molecular flexibility index (Phi) is 5.33. The highest BCUT2D eigenvalue weighted by Gasteiger charge is 2.34. The van der Waals surface area contributed by atoms with Gasteiger partial charge >= 0.3 is 0 Å². The third-order valence-corrected chi connectivity index (χ3v) is 7.11. The van der Waals surface area contributed by atoms with E-state index in [1.165, 1.54) is 15.3 Å². The summed E-state index contributed by atoms with van der Waals surface area (Å²) in [6.07, 6.45) is 3.64. The first-order chi connectivity index (χ1) is 13.5. The van der Waals surface area contributed by atoms with E-state index in [-0.39, 0.29) is 11.8 Å². The molecule has 6 heteroatoms. The van der Waals surface area contributed by atoms with Gasteiger partial charge in [0, 0.05) is 36.6 Å². The van der Waals surface area contributed by atoms with Gasteiger partial charge in [0.05, 0.1) is 0 Å². The van der Waals surface area contributed by atoms with Gasteiger partial charge in [0.25, 0.3) is 0 Å². The van der Waals surface area contributed by atoms with Gasteiger partial charge in [0.1, 0.15) is 0 Å². The molecule has 0 radical (unpaired) electrons. The normalized spacial score (nSPS) is 18.5. The smallest absolute Gasteiger partial charge is 0.236 e. The molecule has 0 spiro atoms. The molecule has 4 rings (SSSR count). The molecule has 0 aliphatic carbocycles. The molecule has 0 saturated carbocycles. The minimum absolute atomic E-state index is 0.115. The molecule has 0 bridgehead atoms. The maximum absolute atomic E-state index is 13.0. The SMILES string of the molecule is O=C(C1CCN(S(=O)(=O)/C=C/c2ccccc2)CC1)N1CCc2ccccc21. The lowest BCUT2D eigenvalue weighted by Crippen LogP contribution is -2.43. The highest BCUT2D eigenvalue weighted by atomic mass is 32.2. The first kappa shape index (κ1) is 18.9. The number of carbonyl (C=O) groups is 1. The van der Waals surface area contributed by atoms with Crippen LogP contribution in [0.5, 0.6) is 0 Å². The summed E-state index contributed by atoms with van der Waals surface area (Å²) >= 11 is 0. The Balaban J connectivity index is 1.38. The van der Waals surface area contributed by atoms with E-state index >= 15 is 0 Å². The molecule has 2 aliphatic heterocycles. The lowest BCUT2D eigenvalue weighted by molar-refractivity contribution is -0.123. The third-order valence-electron chi connectivity index (χ3n) is 5.55. The van der Waals surface area contributed by atoms with Crippen molar-refractivity contribution in [3.05, 3.63) is 71.1 Å². The van der Waals surface area contributed by atoms with Crippen LogP contribution in [0.3, 0.4) is 0 Å². The van der Waals surface area contributed by atoms with E-state index in [9.17, 15) is 13.2 Å². The summed E-state index contributed by atoms with van der Waals surface area (Å²) in [5.74, 6) is 0.0116. The van der Waals surface area contributed by atoms with Crippen molar-refractivity contribution in [3.63, 3.8) is 0 Å². The van der Waals surface area contributed by atoms with Crippen molar-refractivity contribution in [1.82, 2.24) is 4.31 Å². The number of benzene rings is 2. The van der Waals surface area contributed by atoms with Crippen molar-refractivity contribution >= 4 is 27.7 Å². The van der Waals surface area contributed by atoms with Crippen LogP contribution < -0.4 is 4.90 Å². The number of piperidine rings is 1. The first-order valence-electron chi connectivity index (χ1n) is 9.67. The number of carbonyl (C=O) groups excluding carboxylic acids is 1. The average molecular weight is 397 g/mol. The second kappa shape index (κ2) is 7.89. The van der Waals surface area contributed by atoms with Gasteiger partial charge < -0.3 is 4.90 Å². The van der Waals surface area contributed by atoms with E-state index in [2.05, 4.69) is 6.07 Å². The summed E-state index contributed by atoms with van der Waals surface area (Å²) in [6.45, 7) is 1.48. The molecule has 1 saturated heterocycles. The first-order valence-corrected chi connectivity index (χ1v) is 11.2. The quantitative estimate of drug-likeness (QED) is 0.797. The second-order valence-electron chi connectivity index (χ2n) is 7.30. The van der Waals surface area contributed by atoms with E-state index in [1.54, 1.807) is 6.08 Å². The lowest BCUT2D eigenvalue weighted by atomic mass is 9.96. The maximum atomic E-state index is 13.0. The van der Waals surface area contributed by atoms with Crippen molar-refractivity contribution in [2.24, 2.45) is 5.92 Å². The van der Waals surface area contributed by atoms with Crippen molar-refractivity contribution in [2.45, 2.75) is 19.3 Å². The van der Waals surface area contributed by atoms with Gasteiger partial charge in [0.2, 0.25) is 15.9 Å². The van der Waals surface area contributed by atoms with Gasteiger partial charge in [-0.2, -0.15) is 4.31 Å². The fourth-order valence-electron chi connectivity index (χ4n) is 3.96. The minimum atomic E-state index is -3.47. The van der Waals surface area contributed by atoms with E-state index < -0.39 is 10.0 Å². The summed E-state index contributed by atoms with van der Waals surface area (Å²) in [5.41, 5.74) is 3.07. The number of para-hydroxylation sites is 1. The molecule has 2 aromatic rings. The van der Waals surface area contributed by atoms with Gasteiger partial charge in [-0.3, -0.25) is 4.79 Å². The number of hydrogen-bond donors (Lipinski definition) is 0. The summed E-state index contributed by atoms with van der Waals surface area (Å²) in [5, 5.41) is 1.27.